The molecule has 0 spiro atoms. The zero-order valence-electron chi connectivity index (χ0n) is 13.7. The molecule has 0 aromatic rings. The number of amides is 1. The molecule has 3 fully saturated rings. The van der Waals surface area contributed by atoms with Crippen molar-refractivity contribution in [3.63, 3.8) is 0 Å². The van der Waals surface area contributed by atoms with Gasteiger partial charge in [-0.05, 0) is 51.6 Å². The molecule has 0 radical (unpaired) electrons. The van der Waals surface area contributed by atoms with E-state index in [9.17, 15) is 4.79 Å². The summed E-state index contributed by atoms with van der Waals surface area (Å²) in [6.07, 6.45) is 7.40. The predicted molar refractivity (Wildman–Crippen MR) is 85.2 cm³/mol. The Balaban J connectivity index is 1.63. The van der Waals surface area contributed by atoms with E-state index in [0.29, 0.717) is 18.0 Å². The standard InChI is InChI=1S/C17H31N3O/c1-3-14-7-8-18-16(10-14)17(21)20-12-15-6-4-5-9-19(15)11-13(20)2/h13-16,18H,3-12H2,1-2H3. The van der Waals surface area contributed by atoms with E-state index in [-0.39, 0.29) is 6.04 Å². The molecule has 0 aromatic carbocycles. The van der Waals surface area contributed by atoms with Crippen LogP contribution in [0.25, 0.3) is 0 Å². The van der Waals surface area contributed by atoms with Crippen LogP contribution in [-0.4, -0.2) is 60.0 Å². The lowest BCUT2D eigenvalue weighted by atomic mass is 9.89. The predicted octanol–water partition coefficient (Wildman–Crippen LogP) is 1.85. The van der Waals surface area contributed by atoms with Crippen LogP contribution in [0.5, 0.6) is 0 Å². The average Bonchev–Trinajstić information content (AvgIpc) is 2.53. The molecule has 0 aliphatic carbocycles. The average molecular weight is 293 g/mol. The first-order valence-electron chi connectivity index (χ1n) is 8.97. The van der Waals surface area contributed by atoms with Crippen LogP contribution in [0, 0.1) is 5.92 Å². The quantitative estimate of drug-likeness (QED) is 0.844. The molecule has 1 N–H and O–H groups in total. The van der Waals surface area contributed by atoms with Gasteiger partial charge in [-0.2, -0.15) is 0 Å². The second-order valence-corrected chi connectivity index (χ2v) is 7.29. The summed E-state index contributed by atoms with van der Waals surface area (Å²) in [7, 11) is 0. The number of piperazine rings is 1. The Labute approximate surface area is 129 Å². The minimum atomic E-state index is 0.0706. The molecule has 0 aromatic heterocycles. The third-order valence-electron chi connectivity index (χ3n) is 5.86. The molecule has 4 heteroatoms. The maximum Gasteiger partial charge on any atom is 0.240 e. The van der Waals surface area contributed by atoms with E-state index in [1.165, 1.54) is 38.6 Å². The van der Waals surface area contributed by atoms with Crippen molar-refractivity contribution in [2.45, 2.75) is 70.5 Å². The number of nitrogens with zero attached hydrogens (tertiary/aromatic N) is 2. The van der Waals surface area contributed by atoms with E-state index >= 15 is 0 Å². The summed E-state index contributed by atoms with van der Waals surface area (Å²) in [4.78, 5) is 17.7. The van der Waals surface area contributed by atoms with Crippen molar-refractivity contribution in [3.05, 3.63) is 0 Å². The van der Waals surface area contributed by atoms with Gasteiger partial charge in [0, 0.05) is 25.2 Å². The molecule has 21 heavy (non-hydrogen) atoms. The highest BCUT2D eigenvalue weighted by Crippen LogP contribution is 2.26. The maximum absolute atomic E-state index is 12.9. The van der Waals surface area contributed by atoms with Crippen LogP contribution in [0.15, 0.2) is 0 Å². The Morgan fingerprint density at radius 1 is 1.24 bits per heavy atom. The van der Waals surface area contributed by atoms with Crippen LogP contribution in [0.4, 0.5) is 0 Å². The summed E-state index contributed by atoms with van der Waals surface area (Å²) in [5, 5.41) is 3.47. The Bertz CT molecular complexity index is 373. The fourth-order valence-corrected chi connectivity index (χ4v) is 4.41. The molecule has 1 amide bonds. The third kappa shape index (κ3) is 3.26. The van der Waals surface area contributed by atoms with E-state index in [2.05, 4.69) is 29.0 Å². The van der Waals surface area contributed by atoms with E-state index in [1.54, 1.807) is 0 Å². The third-order valence-corrected chi connectivity index (χ3v) is 5.86. The molecule has 3 aliphatic heterocycles. The first-order chi connectivity index (χ1) is 10.2. The fraction of sp³-hybridized carbons (Fsp3) is 0.941. The van der Waals surface area contributed by atoms with Crippen molar-refractivity contribution >= 4 is 5.91 Å². The highest BCUT2D eigenvalue weighted by atomic mass is 16.2. The van der Waals surface area contributed by atoms with Gasteiger partial charge in [-0.1, -0.05) is 19.8 Å². The molecule has 3 rings (SSSR count). The summed E-state index contributed by atoms with van der Waals surface area (Å²) in [6, 6.07) is 1.06. The highest BCUT2D eigenvalue weighted by Gasteiger charge is 2.38. The van der Waals surface area contributed by atoms with E-state index in [0.717, 1.165) is 32.0 Å². The topological polar surface area (TPSA) is 35.6 Å². The lowest BCUT2D eigenvalue weighted by Crippen LogP contribution is -2.63. The first kappa shape index (κ1) is 15.3. The van der Waals surface area contributed by atoms with Crippen molar-refractivity contribution in [1.82, 2.24) is 15.1 Å². The first-order valence-corrected chi connectivity index (χ1v) is 8.97. The van der Waals surface area contributed by atoms with Crippen molar-refractivity contribution < 1.29 is 4.79 Å². The van der Waals surface area contributed by atoms with Crippen molar-refractivity contribution in [1.29, 1.82) is 0 Å². The number of rotatable bonds is 2. The molecule has 3 heterocycles. The summed E-state index contributed by atoms with van der Waals surface area (Å²) in [6.45, 7) is 8.74. The van der Waals surface area contributed by atoms with Crippen LogP contribution >= 0.6 is 0 Å². The highest BCUT2D eigenvalue weighted by molar-refractivity contribution is 5.82. The molecule has 3 aliphatic rings. The van der Waals surface area contributed by atoms with Gasteiger partial charge in [0.2, 0.25) is 5.91 Å². The number of carbonyl (C=O) groups excluding carboxylic acids is 1. The Kier molecular flexibility index (Phi) is 4.85. The zero-order valence-corrected chi connectivity index (χ0v) is 13.7. The molecule has 3 saturated heterocycles. The van der Waals surface area contributed by atoms with Crippen LogP contribution in [0.2, 0.25) is 0 Å². The summed E-state index contributed by atoms with van der Waals surface area (Å²) < 4.78 is 0. The molecular formula is C17H31N3O. The Hall–Kier alpha value is -0.610. The van der Waals surface area contributed by atoms with Crippen LogP contribution in [0.1, 0.15) is 52.4 Å². The second kappa shape index (κ2) is 6.66. The number of nitrogens with one attached hydrogen (secondary N) is 1. The monoisotopic (exact) mass is 293 g/mol. The van der Waals surface area contributed by atoms with Gasteiger partial charge in [0.25, 0.3) is 0 Å². The molecule has 0 saturated carbocycles. The number of hydrogen-bond donors (Lipinski definition) is 1. The summed E-state index contributed by atoms with van der Waals surface area (Å²) in [5.74, 6) is 1.09. The Morgan fingerprint density at radius 2 is 2.10 bits per heavy atom. The maximum atomic E-state index is 12.9. The zero-order chi connectivity index (χ0) is 14.8. The molecule has 4 atom stereocenters. The number of piperidine rings is 2. The van der Waals surface area contributed by atoms with Gasteiger partial charge in [-0.15, -0.1) is 0 Å². The van der Waals surface area contributed by atoms with Crippen LogP contribution in [-0.2, 0) is 4.79 Å². The van der Waals surface area contributed by atoms with Gasteiger partial charge in [-0.3, -0.25) is 9.69 Å². The second-order valence-electron chi connectivity index (χ2n) is 7.29. The number of carbonyl (C=O) groups is 1. The minimum Gasteiger partial charge on any atom is -0.336 e. The normalized spacial score (nSPS) is 38.1. The SMILES string of the molecule is CCC1CCNC(C(=O)N2CC3CCCCN3CC2C)C1. The van der Waals surface area contributed by atoms with Gasteiger partial charge < -0.3 is 10.2 Å². The van der Waals surface area contributed by atoms with Crippen molar-refractivity contribution in [3.8, 4) is 0 Å². The largest absolute Gasteiger partial charge is 0.336 e. The van der Waals surface area contributed by atoms with Crippen molar-refractivity contribution in [2.24, 2.45) is 5.92 Å². The minimum absolute atomic E-state index is 0.0706. The van der Waals surface area contributed by atoms with E-state index in [1.807, 2.05) is 0 Å². The van der Waals surface area contributed by atoms with Gasteiger partial charge in [0.15, 0.2) is 0 Å². The summed E-state index contributed by atoms with van der Waals surface area (Å²) in [5.41, 5.74) is 0. The Morgan fingerprint density at radius 3 is 2.90 bits per heavy atom. The van der Waals surface area contributed by atoms with E-state index < -0.39 is 0 Å². The van der Waals surface area contributed by atoms with Gasteiger partial charge in [0.1, 0.15) is 0 Å². The molecule has 120 valence electrons. The summed E-state index contributed by atoms with van der Waals surface area (Å²) >= 11 is 0. The van der Waals surface area contributed by atoms with E-state index in [4.69, 9.17) is 0 Å². The van der Waals surface area contributed by atoms with Crippen LogP contribution < -0.4 is 5.32 Å². The lowest BCUT2D eigenvalue weighted by molar-refractivity contribution is -0.141. The fourth-order valence-electron chi connectivity index (χ4n) is 4.41. The molecule has 4 unspecified atom stereocenters. The number of fused-ring (bicyclic) bond motifs is 1. The van der Waals surface area contributed by atoms with Crippen molar-refractivity contribution in [2.75, 3.05) is 26.2 Å². The number of hydrogen-bond acceptors (Lipinski definition) is 3. The molecule has 0 bridgehead atoms. The van der Waals surface area contributed by atoms with Gasteiger partial charge >= 0.3 is 0 Å². The smallest absolute Gasteiger partial charge is 0.240 e. The van der Waals surface area contributed by atoms with Crippen LogP contribution in [0.3, 0.4) is 0 Å². The molecule has 4 nitrogen and oxygen atoms in total. The molecular weight excluding hydrogens is 262 g/mol. The van der Waals surface area contributed by atoms with Gasteiger partial charge in [-0.25, -0.2) is 0 Å². The van der Waals surface area contributed by atoms with Gasteiger partial charge in [0.05, 0.1) is 6.04 Å². The lowest BCUT2D eigenvalue weighted by Gasteiger charge is -2.48.